The molecule has 138 valence electrons. The number of hydroxylamine groups is 2. The quantitative estimate of drug-likeness (QED) is 0.164. The zero-order valence-electron chi connectivity index (χ0n) is 15.5. The molecule has 0 aromatic heterocycles. The van der Waals surface area contributed by atoms with Crippen molar-refractivity contribution in [3.05, 3.63) is 12.2 Å². The maximum Gasteiger partial charge on any atom is 0.0512 e. The fourth-order valence-corrected chi connectivity index (χ4v) is 2.85. The third-order valence-corrected chi connectivity index (χ3v) is 4.37. The van der Waals surface area contributed by atoms with E-state index in [2.05, 4.69) is 19.1 Å². The largest absolute Gasteiger partial charge is 0.290 e. The SMILES string of the molecule is CCCCCCCC/C=C\CCCCCCCCCCN(O)O. The molecule has 0 radical (unpaired) electrons. The summed E-state index contributed by atoms with van der Waals surface area (Å²) in [5.41, 5.74) is 0. The molecule has 0 unspecified atom stereocenters. The number of hydrogen-bond acceptors (Lipinski definition) is 3. The summed E-state index contributed by atoms with van der Waals surface area (Å²) >= 11 is 0. The van der Waals surface area contributed by atoms with Crippen LogP contribution in [0.1, 0.15) is 110 Å². The lowest BCUT2D eigenvalue weighted by Gasteiger charge is -2.05. The maximum atomic E-state index is 8.57. The second-order valence-electron chi connectivity index (χ2n) is 6.74. The maximum absolute atomic E-state index is 8.57. The Hall–Kier alpha value is -0.380. The van der Waals surface area contributed by atoms with Gasteiger partial charge in [-0.3, -0.25) is 10.4 Å². The molecule has 0 aliphatic carbocycles. The molecule has 23 heavy (non-hydrogen) atoms. The highest BCUT2D eigenvalue weighted by molar-refractivity contribution is 4.81. The number of nitrogens with zero attached hydrogens (tertiary/aromatic N) is 1. The molecule has 0 aliphatic rings. The lowest BCUT2D eigenvalue weighted by molar-refractivity contribution is -0.306. The smallest absolute Gasteiger partial charge is 0.0512 e. The summed E-state index contributed by atoms with van der Waals surface area (Å²) in [6, 6.07) is 0. The van der Waals surface area contributed by atoms with Gasteiger partial charge in [0.05, 0.1) is 6.54 Å². The molecule has 3 nitrogen and oxygen atoms in total. The topological polar surface area (TPSA) is 43.7 Å². The van der Waals surface area contributed by atoms with Crippen LogP contribution < -0.4 is 0 Å². The van der Waals surface area contributed by atoms with Crippen LogP contribution in [0.15, 0.2) is 12.2 Å². The lowest BCUT2D eigenvalue weighted by atomic mass is 10.1. The predicted molar refractivity (Wildman–Crippen MR) is 99.0 cm³/mol. The van der Waals surface area contributed by atoms with Gasteiger partial charge in [-0.05, 0) is 32.1 Å². The van der Waals surface area contributed by atoms with E-state index < -0.39 is 0 Å². The molecule has 0 heterocycles. The Kier molecular flexibility index (Phi) is 19.3. The van der Waals surface area contributed by atoms with Crippen molar-refractivity contribution in [2.45, 2.75) is 110 Å². The highest BCUT2D eigenvalue weighted by Gasteiger charge is 1.95. The summed E-state index contributed by atoms with van der Waals surface area (Å²) in [7, 11) is 0. The van der Waals surface area contributed by atoms with E-state index in [0.717, 1.165) is 12.8 Å². The number of hydrogen-bond donors (Lipinski definition) is 2. The molecule has 0 aromatic rings. The van der Waals surface area contributed by atoms with Gasteiger partial charge in [-0.2, -0.15) is 0 Å². The van der Waals surface area contributed by atoms with Crippen LogP contribution in [0.3, 0.4) is 0 Å². The van der Waals surface area contributed by atoms with E-state index in [9.17, 15) is 0 Å². The summed E-state index contributed by atoms with van der Waals surface area (Å²) in [6.07, 6.45) is 25.4. The van der Waals surface area contributed by atoms with Crippen molar-refractivity contribution in [3.8, 4) is 0 Å². The molecule has 2 N–H and O–H groups in total. The fraction of sp³-hybridized carbons (Fsp3) is 0.900. The monoisotopic (exact) mass is 327 g/mol. The predicted octanol–water partition coefficient (Wildman–Crippen LogP) is 6.88. The van der Waals surface area contributed by atoms with Crippen LogP contribution >= 0.6 is 0 Å². The minimum Gasteiger partial charge on any atom is -0.290 e. The molecule has 0 saturated heterocycles. The van der Waals surface area contributed by atoms with E-state index in [-0.39, 0.29) is 0 Å². The molecule has 0 atom stereocenters. The Morgan fingerprint density at radius 3 is 1.39 bits per heavy atom. The zero-order chi connectivity index (χ0) is 17.0. The van der Waals surface area contributed by atoms with Crippen LogP contribution in [0, 0.1) is 0 Å². The van der Waals surface area contributed by atoms with Gasteiger partial charge >= 0.3 is 0 Å². The second-order valence-corrected chi connectivity index (χ2v) is 6.74. The second kappa shape index (κ2) is 19.7. The van der Waals surface area contributed by atoms with Crippen LogP contribution in [-0.4, -0.2) is 22.2 Å². The Bertz CT molecular complexity index is 242. The molecule has 0 saturated carbocycles. The third kappa shape index (κ3) is 21.6. The summed E-state index contributed by atoms with van der Waals surface area (Å²) in [4.78, 5) is 0. The summed E-state index contributed by atoms with van der Waals surface area (Å²) in [5.74, 6) is 0. The Labute approximate surface area is 144 Å². The van der Waals surface area contributed by atoms with Crippen molar-refractivity contribution >= 4 is 0 Å². The molecule has 3 heteroatoms. The average Bonchev–Trinajstić information content (AvgIpc) is 2.53. The van der Waals surface area contributed by atoms with Crippen LogP contribution in [-0.2, 0) is 0 Å². The minimum atomic E-state index is 0.292. The Morgan fingerprint density at radius 1 is 0.565 bits per heavy atom. The third-order valence-electron chi connectivity index (χ3n) is 4.37. The highest BCUT2D eigenvalue weighted by Crippen LogP contribution is 2.11. The molecule has 0 spiro atoms. The Morgan fingerprint density at radius 2 is 0.957 bits per heavy atom. The van der Waals surface area contributed by atoms with E-state index in [0.29, 0.717) is 11.8 Å². The summed E-state index contributed by atoms with van der Waals surface area (Å²) in [6.45, 7) is 2.64. The van der Waals surface area contributed by atoms with E-state index in [4.69, 9.17) is 10.4 Å². The standard InChI is InChI=1S/C20H41NO2/c1-2-3-4-5-6-7-8-9-10-11-12-13-14-15-16-17-18-19-20-21(22)23/h9-10,22-23H,2-8,11-20H2,1H3/b10-9-. The van der Waals surface area contributed by atoms with Crippen molar-refractivity contribution in [3.63, 3.8) is 0 Å². The molecule has 0 amide bonds. The number of allylic oxidation sites excluding steroid dienone is 2. The Balaban J connectivity index is 3.05. The molecule has 0 fully saturated rings. The van der Waals surface area contributed by atoms with Gasteiger partial charge in [-0.1, -0.05) is 94.9 Å². The van der Waals surface area contributed by atoms with Gasteiger partial charge in [0.2, 0.25) is 0 Å². The van der Waals surface area contributed by atoms with Crippen molar-refractivity contribution in [2.75, 3.05) is 6.54 Å². The van der Waals surface area contributed by atoms with Crippen LogP contribution in [0.4, 0.5) is 0 Å². The van der Waals surface area contributed by atoms with E-state index >= 15 is 0 Å². The van der Waals surface area contributed by atoms with Gasteiger partial charge in [0, 0.05) is 0 Å². The lowest BCUT2D eigenvalue weighted by Crippen LogP contribution is -2.14. The zero-order valence-corrected chi connectivity index (χ0v) is 15.5. The van der Waals surface area contributed by atoms with Gasteiger partial charge < -0.3 is 0 Å². The first-order valence-electron chi connectivity index (χ1n) is 10.1. The van der Waals surface area contributed by atoms with E-state index in [1.807, 2.05) is 0 Å². The number of unbranched alkanes of at least 4 members (excludes halogenated alkanes) is 14. The molecule has 0 rings (SSSR count). The van der Waals surface area contributed by atoms with Gasteiger partial charge in [0.1, 0.15) is 0 Å². The normalized spacial score (nSPS) is 11.8. The van der Waals surface area contributed by atoms with Gasteiger partial charge in [-0.15, -0.1) is 0 Å². The number of rotatable bonds is 18. The van der Waals surface area contributed by atoms with Crippen LogP contribution in [0.5, 0.6) is 0 Å². The molecule has 0 aromatic carbocycles. The highest BCUT2D eigenvalue weighted by atomic mass is 16.8. The first-order chi connectivity index (χ1) is 11.3. The van der Waals surface area contributed by atoms with E-state index in [1.54, 1.807) is 0 Å². The first-order valence-corrected chi connectivity index (χ1v) is 10.1. The first kappa shape index (κ1) is 22.6. The average molecular weight is 328 g/mol. The minimum absolute atomic E-state index is 0.292. The van der Waals surface area contributed by atoms with Crippen LogP contribution in [0.25, 0.3) is 0 Å². The van der Waals surface area contributed by atoms with Gasteiger partial charge in [-0.25, -0.2) is 0 Å². The summed E-state index contributed by atoms with van der Waals surface area (Å²) < 4.78 is 0. The van der Waals surface area contributed by atoms with Crippen molar-refractivity contribution in [1.29, 1.82) is 0 Å². The van der Waals surface area contributed by atoms with Crippen molar-refractivity contribution in [2.24, 2.45) is 0 Å². The van der Waals surface area contributed by atoms with E-state index in [1.165, 1.54) is 89.9 Å². The van der Waals surface area contributed by atoms with Crippen molar-refractivity contribution in [1.82, 2.24) is 5.23 Å². The summed E-state index contributed by atoms with van der Waals surface area (Å²) in [5, 5.41) is 17.4. The molecule has 0 bridgehead atoms. The fourth-order valence-electron chi connectivity index (χ4n) is 2.85. The van der Waals surface area contributed by atoms with Crippen molar-refractivity contribution < 1.29 is 10.4 Å². The molecular weight excluding hydrogens is 286 g/mol. The van der Waals surface area contributed by atoms with Crippen LogP contribution in [0.2, 0.25) is 0 Å². The van der Waals surface area contributed by atoms with Gasteiger partial charge in [0.25, 0.3) is 0 Å². The molecule has 0 aliphatic heterocycles. The molecular formula is C20H41NO2. The van der Waals surface area contributed by atoms with Gasteiger partial charge in [0.15, 0.2) is 0 Å².